The van der Waals surface area contributed by atoms with Gasteiger partial charge in [-0.1, -0.05) is 6.92 Å². The molecule has 0 aromatic heterocycles. The van der Waals surface area contributed by atoms with Crippen molar-refractivity contribution >= 4 is 5.97 Å². The fourth-order valence-corrected chi connectivity index (χ4v) is 0.110. The summed E-state index contributed by atoms with van der Waals surface area (Å²) in [6, 6.07) is -0.556. The molecule has 0 amide bonds. The van der Waals surface area contributed by atoms with E-state index in [9.17, 15) is 4.79 Å². The first-order chi connectivity index (χ1) is 3.18. The SMILES string of the molecule is C[N-][C@@H](C)C(=O)O. The molecule has 0 radical (unpaired) electrons. The third-order valence-electron chi connectivity index (χ3n) is 0.745. The van der Waals surface area contributed by atoms with Crippen molar-refractivity contribution in [3.63, 3.8) is 0 Å². The van der Waals surface area contributed by atoms with E-state index in [2.05, 4.69) is 5.32 Å². The van der Waals surface area contributed by atoms with Gasteiger partial charge in [0.15, 0.2) is 0 Å². The lowest BCUT2D eigenvalue weighted by Crippen LogP contribution is -2.12. The molecule has 0 saturated carbocycles. The van der Waals surface area contributed by atoms with Gasteiger partial charge in [-0.05, 0) is 6.04 Å². The minimum absolute atomic E-state index is 0.556. The lowest BCUT2D eigenvalue weighted by Gasteiger charge is -2.15. The summed E-state index contributed by atoms with van der Waals surface area (Å²) in [7, 11) is 1.48. The highest BCUT2D eigenvalue weighted by Crippen LogP contribution is 1.91. The number of carboxylic acid groups (broad SMARTS) is 1. The Morgan fingerprint density at radius 1 is 1.86 bits per heavy atom. The fraction of sp³-hybridized carbons (Fsp3) is 0.750. The lowest BCUT2D eigenvalue weighted by atomic mass is 10.4. The second kappa shape index (κ2) is 2.58. The number of carbonyl (C=O) groups is 1. The predicted octanol–water partition coefficient (Wildman–Crippen LogP) is 0.463. The van der Waals surface area contributed by atoms with E-state index in [-0.39, 0.29) is 0 Å². The molecular weight excluding hydrogens is 94.0 g/mol. The molecule has 0 unspecified atom stereocenters. The summed E-state index contributed by atoms with van der Waals surface area (Å²) in [5, 5.41) is 11.6. The van der Waals surface area contributed by atoms with Crippen LogP contribution in [0.15, 0.2) is 0 Å². The van der Waals surface area contributed by atoms with Gasteiger partial charge < -0.3 is 10.4 Å². The Balaban J connectivity index is 3.34. The van der Waals surface area contributed by atoms with E-state index in [1.54, 1.807) is 0 Å². The Morgan fingerprint density at radius 3 is 2.29 bits per heavy atom. The van der Waals surface area contributed by atoms with Crippen molar-refractivity contribution in [2.24, 2.45) is 0 Å². The maximum atomic E-state index is 9.84. The van der Waals surface area contributed by atoms with Gasteiger partial charge in [-0.3, -0.25) is 4.79 Å². The Labute approximate surface area is 42.3 Å². The van der Waals surface area contributed by atoms with Crippen molar-refractivity contribution in [2.75, 3.05) is 7.05 Å². The summed E-state index contributed by atoms with van der Waals surface area (Å²) < 4.78 is 0. The molecule has 0 spiro atoms. The molecule has 0 aromatic carbocycles. The molecule has 0 aliphatic rings. The van der Waals surface area contributed by atoms with Crippen molar-refractivity contribution in [1.82, 2.24) is 0 Å². The minimum Gasteiger partial charge on any atom is -0.653 e. The number of likely N-dealkylation sites (N-methyl/N-ethyl adjacent to an activating group) is 1. The number of nitrogens with zero attached hydrogens (tertiary/aromatic N) is 1. The van der Waals surface area contributed by atoms with Gasteiger partial charge in [0.25, 0.3) is 5.97 Å². The molecule has 0 aliphatic heterocycles. The highest BCUT2D eigenvalue weighted by atomic mass is 16.4. The van der Waals surface area contributed by atoms with E-state index in [0.717, 1.165) is 0 Å². The zero-order chi connectivity index (χ0) is 5.86. The van der Waals surface area contributed by atoms with E-state index >= 15 is 0 Å². The van der Waals surface area contributed by atoms with Crippen molar-refractivity contribution in [2.45, 2.75) is 13.0 Å². The quantitative estimate of drug-likeness (QED) is 0.550. The van der Waals surface area contributed by atoms with E-state index in [1.807, 2.05) is 0 Å². The molecule has 0 fully saturated rings. The first-order valence-electron chi connectivity index (χ1n) is 2.00. The van der Waals surface area contributed by atoms with Crippen LogP contribution in [0.4, 0.5) is 0 Å². The molecule has 0 rings (SSSR count). The van der Waals surface area contributed by atoms with E-state index in [4.69, 9.17) is 5.11 Å². The Morgan fingerprint density at radius 2 is 2.29 bits per heavy atom. The summed E-state index contributed by atoms with van der Waals surface area (Å²) in [5.41, 5.74) is 0. The largest absolute Gasteiger partial charge is 0.653 e. The van der Waals surface area contributed by atoms with E-state index < -0.39 is 12.0 Å². The molecule has 0 aromatic rings. The van der Waals surface area contributed by atoms with Gasteiger partial charge in [0.05, 0.1) is 0 Å². The third kappa shape index (κ3) is 2.17. The summed E-state index contributed by atoms with van der Waals surface area (Å²) >= 11 is 0. The van der Waals surface area contributed by atoms with Gasteiger partial charge in [-0.25, -0.2) is 0 Å². The summed E-state index contributed by atoms with van der Waals surface area (Å²) in [6.07, 6.45) is 0. The minimum atomic E-state index is -0.873. The Kier molecular flexibility index (Phi) is 2.37. The number of carboxylic acids is 1. The van der Waals surface area contributed by atoms with Gasteiger partial charge in [0, 0.05) is 0 Å². The van der Waals surface area contributed by atoms with Gasteiger partial charge in [0.1, 0.15) is 0 Å². The first-order valence-corrected chi connectivity index (χ1v) is 2.00. The van der Waals surface area contributed by atoms with E-state index in [0.29, 0.717) is 0 Å². The maximum Gasteiger partial charge on any atom is 0.285 e. The van der Waals surface area contributed by atoms with Crippen LogP contribution in [0, 0.1) is 0 Å². The first kappa shape index (κ1) is 6.43. The summed E-state index contributed by atoms with van der Waals surface area (Å²) in [4.78, 5) is 9.84. The van der Waals surface area contributed by atoms with Crippen LogP contribution in [-0.2, 0) is 4.79 Å². The molecule has 0 bridgehead atoms. The lowest BCUT2D eigenvalue weighted by molar-refractivity contribution is -0.137. The van der Waals surface area contributed by atoms with Gasteiger partial charge >= 0.3 is 0 Å². The van der Waals surface area contributed by atoms with Crippen molar-refractivity contribution < 1.29 is 9.90 Å². The third-order valence-corrected chi connectivity index (χ3v) is 0.745. The van der Waals surface area contributed by atoms with Crippen LogP contribution in [0.5, 0.6) is 0 Å². The van der Waals surface area contributed by atoms with Gasteiger partial charge in [-0.2, -0.15) is 7.05 Å². The van der Waals surface area contributed by atoms with Crippen LogP contribution in [0.1, 0.15) is 6.92 Å². The zero-order valence-electron chi connectivity index (χ0n) is 4.38. The number of aliphatic carboxylic acids is 1. The van der Waals surface area contributed by atoms with Crippen molar-refractivity contribution in [3.05, 3.63) is 5.32 Å². The van der Waals surface area contributed by atoms with Crippen LogP contribution in [0.25, 0.3) is 5.32 Å². The highest BCUT2D eigenvalue weighted by Gasteiger charge is 1.93. The fourth-order valence-electron chi connectivity index (χ4n) is 0.110. The molecule has 1 atom stereocenters. The number of rotatable bonds is 2. The predicted molar refractivity (Wildman–Crippen MR) is 26.4 cm³/mol. The maximum absolute atomic E-state index is 9.84. The molecule has 0 saturated heterocycles. The number of hydrogen-bond acceptors (Lipinski definition) is 1. The molecule has 7 heavy (non-hydrogen) atoms. The smallest absolute Gasteiger partial charge is 0.285 e. The molecular formula is C4H8NO2-. The topological polar surface area (TPSA) is 51.4 Å². The standard InChI is InChI=1S/C4H8NO2/c1-3(5-2)4(6)7/h3H,1-2H3,(H,6,7)/q-1/t3-/m0/s1. The highest BCUT2D eigenvalue weighted by molar-refractivity contribution is 5.75. The average Bonchev–Trinajstić information content (AvgIpc) is 1.65. The molecule has 3 nitrogen and oxygen atoms in total. The molecule has 0 aliphatic carbocycles. The van der Waals surface area contributed by atoms with Crippen molar-refractivity contribution in [3.8, 4) is 0 Å². The Bertz CT molecular complexity index is 72.1. The Hall–Kier alpha value is -0.570. The molecule has 42 valence electrons. The zero-order valence-corrected chi connectivity index (χ0v) is 4.38. The summed E-state index contributed by atoms with van der Waals surface area (Å²) in [6.45, 7) is 1.53. The van der Waals surface area contributed by atoms with Gasteiger partial charge in [-0.15, -0.1) is 0 Å². The number of hydrogen-bond donors (Lipinski definition) is 1. The molecule has 1 N–H and O–H groups in total. The van der Waals surface area contributed by atoms with Crippen molar-refractivity contribution in [1.29, 1.82) is 0 Å². The second-order valence-electron chi connectivity index (χ2n) is 1.27. The van der Waals surface area contributed by atoms with Crippen LogP contribution < -0.4 is 0 Å². The van der Waals surface area contributed by atoms with Gasteiger partial charge in [0.2, 0.25) is 0 Å². The van der Waals surface area contributed by atoms with Crippen LogP contribution in [-0.4, -0.2) is 24.2 Å². The van der Waals surface area contributed by atoms with Crippen LogP contribution in [0.2, 0.25) is 0 Å². The monoisotopic (exact) mass is 102 g/mol. The average molecular weight is 102 g/mol. The summed E-state index contributed by atoms with van der Waals surface area (Å²) in [5.74, 6) is -0.873. The van der Waals surface area contributed by atoms with Crippen LogP contribution in [0.3, 0.4) is 0 Å². The molecule has 0 heterocycles. The van der Waals surface area contributed by atoms with E-state index in [1.165, 1.54) is 14.0 Å². The normalized spacial score (nSPS) is 13.4. The molecule has 3 heteroatoms. The second-order valence-corrected chi connectivity index (χ2v) is 1.27. The van der Waals surface area contributed by atoms with Crippen LogP contribution >= 0.6 is 0 Å².